The van der Waals surface area contributed by atoms with Crippen molar-refractivity contribution in [1.82, 2.24) is 20.6 Å². The van der Waals surface area contributed by atoms with Gasteiger partial charge in [0.25, 0.3) is 0 Å². The molecule has 0 unspecified atom stereocenters. The van der Waals surface area contributed by atoms with Crippen LogP contribution in [0.1, 0.15) is 49.4 Å². The Labute approximate surface area is 176 Å². The summed E-state index contributed by atoms with van der Waals surface area (Å²) in [5.74, 6) is 1.87. The zero-order valence-corrected chi connectivity index (χ0v) is 18.9. The number of pyridine rings is 1. The van der Waals surface area contributed by atoms with E-state index in [0.29, 0.717) is 31.5 Å². The number of hydrogen-bond donors (Lipinski definition) is 2. The van der Waals surface area contributed by atoms with E-state index < -0.39 is 0 Å². The number of rotatable bonds is 8. The number of nitrogens with zero attached hydrogens (tertiary/aromatic N) is 3. The van der Waals surface area contributed by atoms with Crippen LogP contribution in [0.4, 0.5) is 0 Å². The van der Waals surface area contributed by atoms with Crippen molar-refractivity contribution < 1.29 is 4.74 Å². The average Bonchev–Trinajstić information content (AvgIpc) is 3.10. The molecule has 6 nitrogen and oxygen atoms in total. The number of hydrogen-bond acceptors (Lipinski definition) is 5. The van der Waals surface area contributed by atoms with Gasteiger partial charge in [0.05, 0.1) is 18.8 Å². The van der Waals surface area contributed by atoms with E-state index in [1.165, 1.54) is 0 Å². The number of aliphatic imine (C=N–C) groups is 1. The molecular formula is C18H28IN5OS. The highest BCUT2D eigenvalue weighted by Gasteiger charge is 2.06. The van der Waals surface area contributed by atoms with Crippen molar-refractivity contribution in [2.45, 2.75) is 46.2 Å². The lowest BCUT2D eigenvalue weighted by atomic mass is 10.2. The van der Waals surface area contributed by atoms with Crippen molar-refractivity contribution in [2.75, 3.05) is 13.7 Å². The molecule has 0 radical (unpaired) electrons. The topological polar surface area (TPSA) is 71.4 Å². The van der Waals surface area contributed by atoms with Gasteiger partial charge in [0.1, 0.15) is 5.01 Å². The number of guanidine groups is 1. The van der Waals surface area contributed by atoms with Crippen LogP contribution >= 0.6 is 35.3 Å². The molecule has 2 rings (SSSR count). The quantitative estimate of drug-likeness (QED) is 0.334. The normalized spacial score (nSPS) is 11.2. The van der Waals surface area contributed by atoms with E-state index in [0.717, 1.165) is 28.6 Å². The fraction of sp³-hybridized carbons (Fsp3) is 0.500. The van der Waals surface area contributed by atoms with Gasteiger partial charge in [-0.15, -0.1) is 35.3 Å². The summed E-state index contributed by atoms with van der Waals surface area (Å²) in [4.78, 5) is 13.2. The molecule has 0 saturated carbocycles. The summed E-state index contributed by atoms with van der Waals surface area (Å²) >= 11 is 1.67. The standard InChI is InChI=1S/C18H27N5OS.HI/c1-5-8-24-16-7-6-14(9-20-16)10-21-18(19-4)22-11-17-23-15(12-25-17)13(2)3;/h6-7,9,12-13H,5,8,10-11H2,1-4H3,(H2,19,21,22);1H. The molecule has 0 aliphatic heterocycles. The lowest BCUT2D eigenvalue weighted by Crippen LogP contribution is -2.36. The summed E-state index contributed by atoms with van der Waals surface area (Å²) in [5.41, 5.74) is 2.21. The smallest absolute Gasteiger partial charge is 0.213 e. The molecular weight excluding hydrogens is 461 g/mol. The molecule has 0 aliphatic rings. The Morgan fingerprint density at radius 3 is 2.62 bits per heavy atom. The Balaban J connectivity index is 0.00000338. The second kappa shape index (κ2) is 12.1. The molecule has 2 aromatic rings. The summed E-state index contributed by atoms with van der Waals surface area (Å²) in [6.07, 6.45) is 2.80. The molecule has 0 aliphatic carbocycles. The molecule has 2 heterocycles. The first-order chi connectivity index (χ1) is 12.1. The van der Waals surface area contributed by atoms with E-state index in [1.54, 1.807) is 18.4 Å². The van der Waals surface area contributed by atoms with Gasteiger partial charge in [0.2, 0.25) is 5.88 Å². The largest absolute Gasteiger partial charge is 0.478 e. The molecule has 0 fully saturated rings. The first-order valence-corrected chi connectivity index (χ1v) is 9.46. The summed E-state index contributed by atoms with van der Waals surface area (Å²) < 4.78 is 5.49. The molecule has 8 heteroatoms. The molecule has 0 bridgehead atoms. The van der Waals surface area contributed by atoms with E-state index in [2.05, 4.69) is 51.7 Å². The Hall–Kier alpha value is -1.42. The number of aromatic nitrogens is 2. The van der Waals surface area contributed by atoms with Crippen molar-refractivity contribution in [1.29, 1.82) is 0 Å². The Bertz CT molecular complexity index is 672. The van der Waals surface area contributed by atoms with Crippen molar-refractivity contribution >= 4 is 41.3 Å². The monoisotopic (exact) mass is 489 g/mol. The molecule has 0 amide bonds. The predicted octanol–water partition coefficient (Wildman–Crippen LogP) is 3.93. The van der Waals surface area contributed by atoms with Crippen LogP contribution in [0.5, 0.6) is 5.88 Å². The molecule has 0 atom stereocenters. The van der Waals surface area contributed by atoms with Gasteiger partial charge in [0, 0.05) is 31.2 Å². The highest BCUT2D eigenvalue weighted by Crippen LogP contribution is 2.17. The minimum absolute atomic E-state index is 0. The van der Waals surface area contributed by atoms with Crippen LogP contribution in [0.3, 0.4) is 0 Å². The molecule has 26 heavy (non-hydrogen) atoms. The lowest BCUT2D eigenvalue weighted by Gasteiger charge is -2.11. The lowest BCUT2D eigenvalue weighted by molar-refractivity contribution is 0.305. The second-order valence-electron chi connectivity index (χ2n) is 5.95. The van der Waals surface area contributed by atoms with Crippen LogP contribution in [0.15, 0.2) is 28.7 Å². The average molecular weight is 489 g/mol. The minimum atomic E-state index is 0. The summed E-state index contributed by atoms with van der Waals surface area (Å²) in [6.45, 7) is 8.39. The fourth-order valence-electron chi connectivity index (χ4n) is 2.04. The van der Waals surface area contributed by atoms with Gasteiger partial charge >= 0.3 is 0 Å². The van der Waals surface area contributed by atoms with E-state index >= 15 is 0 Å². The van der Waals surface area contributed by atoms with Crippen LogP contribution in [0.25, 0.3) is 0 Å². The van der Waals surface area contributed by atoms with Gasteiger partial charge < -0.3 is 15.4 Å². The maximum Gasteiger partial charge on any atom is 0.213 e. The highest BCUT2D eigenvalue weighted by atomic mass is 127. The maximum atomic E-state index is 5.49. The summed E-state index contributed by atoms with van der Waals surface area (Å²) in [6, 6.07) is 3.90. The van der Waals surface area contributed by atoms with E-state index in [1.807, 2.05) is 18.3 Å². The van der Waals surface area contributed by atoms with Crippen LogP contribution in [0.2, 0.25) is 0 Å². The van der Waals surface area contributed by atoms with Gasteiger partial charge in [-0.05, 0) is 17.9 Å². The van der Waals surface area contributed by atoms with Crippen LogP contribution < -0.4 is 15.4 Å². The van der Waals surface area contributed by atoms with E-state index in [4.69, 9.17) is 4.74 Å². The van der Waals surface area contributed by atoms with Gasteiger partial charge in [-0.3, -0.25) is 4.99 Å². The second-order valence-corrected chi connectivity index (χ2v) is 6.90. The van der Waals surface area contributed by atoms with Crippen molar-refractivity contribution in [3.63, 3.8) is 0 Å². The van der Waals surface area contributed by atoms with Gasteiger partial charge in [-0.1, -0.05) is 26.8 Å². The third kappa shape index (κ3) is 7.45. The molecule has 0 spiro atoms. The zero-order valence-electron chi connectivity index (χ0n) is 15.8. The first kappa shape index (κ1) is 22.6. The van der Waals surface area contributed by atoms with Crippen molar-refractivity contribution in [2.24, 2.45) is 4.99 Å². The Morgan fingerprint density at radius 1 is 1.27 bits per heavy atom. The van der Waals surface area contributed by atoms with Crippen LogP contribution in [0, 0.1) is 0 Å². The molecule has 2 aromatic heterocycles. The third-order valence-electron chi connectivity index (χ3n) is 3.50. The fourth-order valence-corrected chi connectivity index (χ4v) is 2.94. The van der Waals surface area contributed by atoms with Gasteiger partial charge in [-0.25, -0.2) is 9.97 Å². The van der Waals surface area contributed by atoms with Crippen molar-refractivity contribution in [3.05, 3.63) is 40.0 Å². The molecule has 2 N–H and O–H groups in total. The first-order valence-electron chi connectivity index (χ1n) is 8.59. The molecule has 0 aromatic carbocycles. The zero-order chi connectivity index (χ0) is 18.1. The molecule has 0 saturated heterocycles. The minimum Gasteiger partial charge on any atom is -0.478 e. The number of nitrogens with one attached hydrogen (secondary N) is 2. The third-order valence-corrected chi connectivity index (χ3v) is 4.37. The van der Waals surface area contributed by atoms with E-state index in [9.17, 15) is 0 Å². The van der Waals surface area contributed by atoms with Gasteiger partial charge in [-0.2, -0.15) is 0 Å². The summed E-state index contributed by atoms with van der Waals surface area (Å²) in [7, 11) is 1.76. The highest BCUT2D eigenvalue weighted by molar-refractivity contribution is 14.0. The Kier molecular flexibility index (Phi) is 10.5. The number of thiazole rings is 1. The number of ether oxygens (including phenoxy) is 1. The molecule has 144 valence electrons. The van der Waals surface area contributed by atoms with Crippen LogP contribution in [-0.4, -0.2) is 29.6 Å². The maximum absolute atomic E-state index is 5.49. The predicted molar refractivity (Wildman–Crippen MR) is 119 cm³/mol. The Morgan fingerprint density at radius 2 is 2.04 bits per heavy atom. The van der Waals surface area contributed by atoms with Crippen LogP contribution in [-0.2, 0) is 13.1 Å². The number of halogens is 1. The van der Waals surface area contributed by atoms with Crippen molar-refractivity contribution in [3.8, 4) is 5.88 Å². The van der Waals surface area contributed by atoms with Gasteiger partial charge in [0.15, 0.2) is 5.96 Å². The van der Waals surface area contributed by atoms with E-state index in [-0.39, 0.29) is 24.0 Å². The summed E-state index contributed by atoms with van der Waals surface area (Å²) in [5, 5.41) is 9.75. The SMILES string of the molecule is CCCOc1ccc(CNC(=NC)NCc2nc(C(C)C)cs2)cn1.I.